The van der Waals surface area contributed by atoms with Crippen LogP contribution >= 0.6 is 38.9 Å². The number of anilines is 1. The molecular formula is C20H13BrClFN4O4S2. The van der Waals surface area contributed by atoms with Crippen molar-refractivity contribution in [3.8, 4) is 5.69 Å². The van der Waals surface area contributed by atoms with Crippen LogP contribution in [0, 0.1) is 12.7 Å². The van der Waals surface area contributed by atoms with Gasteiger partial charge in [0.2, 0.25) is 0 Å². The van der Waals surface area contributed by atoms with E-state index in [1.54, 1.807) is 25.1 Å². The number of thiophene rings is 1. The predicted octanol–water partition coefficient (Wildman–Crippen LogP) is 4.82. The summed E-state index contributed by atoms with van der Waals surface area (Å²) in [6.07, 6.45) is 0. The molecule has 4 rings (SSSR count). The molecular weight excluding hydrogens is 559 g/mol. The van der Waals surface area contributed by atoms with E-state index in [2.05, 4.69) is 26.2 Å². The molecule has 33 heavy (non-hydrogen) atoms. The highest BCUT2D eigenvalue weighted by atomic mass is 79.9. The van der Waals surface area contributed by atoms with Crippen LogP contribution in [-0.4, -0.2) is 24.0 Å². The van der Waals surface area contributed by atoms with Gasteiger partial charge in [0, 0.05) is 10.2 Å². The molecule has 2 aromatic heterocycles. The van der Waals surface area contributed by atoms with Crippen LogP contribution in [0.1, 0.15) is 5.82 Å². The van der Waals surface area contributed by atoms with Crippen molar-refractivity contribution >= 4 is 71.5 Å². The van der Waals surface area contributed by atoms with Gasteiger partial charge in [-0.1, -0.05) is 27.5 Å². The average Bonchev–Trinajstić information content (AvgIpc) is 3.17. The van der Waals surface area contributed by atoms with Crippen LogP contribution in [0.5, 0.6) is 0 Å². The summed E-state index contributed by atoms with van der Waals surface area (Å²) >= 11 is 9.82. The lowest BCUT2D eigenvalue weighted by Gasteiger charge is -2.13. The molecule has 0 aliphatic carbocycles. The number of aryl methyl sites for hydroxylation is 1. The average molecular weight is 572 g/mol. The highest BCUT2D eigenvalue weighted by molar-refractivity contribution is 9.10. The van der Waals surface area contributed by atoms with Crippen LogP contribution in [-0.2, 0) is 10.0 Å². The normalized spacial score (nSPS) is 11.5. The molecule has 13 heteroatoms. The Kier molecular flexibility index (Phi) is 6.27. The van der Waals surface area contributed by atoms with Crippen molar-refractivity contribution in [2.24, 2.45) is 0 Å². The zero-order chi connectivity index (χ0) is 23.9. The Balaban J connectivity index is 1.62. The molecule has 4 aromatic rings. The lowest BCUT2D eigenvalue weighted by molar-refractivity contribution is 0.256. The van der Waals surface area contributed by atoms with Gasteiger partial charge in [-0.2, -0.15) is 0 Å². The van der Waals surface area contributed by atoms with E-state index in [4.69, 9.17) is 11.6 Å². The monoisotopic (exact) mass is 570 g/mol. The Bertz CT molecular complexity index is 1590. The fourth-order valence-electron chi connectivity index (χ4n) is 3.09. The topological polar surface area (TPSA) is 110 Å². The molecule has 0 bridgehead atoms. The van der Waals surface area contributed by atoms with Gasteiger partial charge in [-0.25, -0.2) is 27.3 Å². The van der Waals surface area contributed by atoms with Crippen LogP contribution in [0.4, 0.5) is 14.9 Å². The number of hydrogen-bond donors (Lipinski definition) is 2. The van der Waals surface area contributed by atoms with Crippen LogP contribution < -0.4 is 15.6 Å². The molecule has 0 saturated heterocycles. The first kappa shape index (κ1) is 23.4. The Morgan fingerprint density at radius 2 is 1.94 bits per heavy atom. The molecule has 2 N–H and O–H groups in total. The van der Waals surface area contributed by atoms with Gasteiger partial charge in [0.15, 0.2) is 0 Å². The number of fused-ring (bicyclic) bond motifs is 1. The quantitative estimate of drug-likeness (QED) is 0.365. The fraction of sp³-hybridized carbons (Fsp3) is 0.0500. The zero-order valence-electron chi connectivity index (χ0n) is 16.6. The van der Waals surface area contributed by atoms with Crippen molar-refractivity contribution in [2.75, 3.05) is 5.32 Å². The molecule has 2 amide bonds. The summed E-state index contributed by atoms with van der Waals surface area (Å²) in [5.74, 6) is -0.546. The number of nitrogens with one attached hydrogen (secondary N) is 2. The number of amides is 2. The standard InChI is InChI=1S/C20H13BrClFN4O4S2/c1-10-24-15-4-2-11(21)8-13(15)19(28)27(10)16-5-3-12(9-14(16)23)25-20(29)26-33(30,31)18-7-6-17(22)32-18/h2-9H,1H3,(H2,25,26,29). The minimum absolute atomic E-state index is 0.0182. The lowest BCUT2D eigenvalue weighted by atomic mass is 10.2. The maximum Gasteiger partial charge on any atom is 0.333 e. The third-order valence-corrected chi connectivity index (χ3v) is 8.03. The number of hydrogen-bond acceptors (Lipinski definition) is 6. The van der Waals surface area contributed by atoms with E-state index in [0.717, 1.165) is 22.0 Å². The first-order chi connectivity index (χ1) is 15.5. The van der Waals surface area contributed by atoms with Gasteiger partial charge in [0.05, 0.1) is 20.9 Å². The fourth-order valence-corrected chi connectivity index (χ4v) is 5.84. The summed E-state index contributed by atoms with van der Waals surface area (Å²) in [7, 11) is -4.13. The Hall–Kier alpha value is -2.80. The number of urea groups is 1. The number of carbonyl (C=O) groups excluding carboxylic acids is 1. The first-order valence-corrected chi connectivity index (χ1v) is 12.6. The highest BCUT2D eigenvalue weighted by Crippen LogP contribution is 2.25. The minimum atomic E-state index is -4.13. The van der Waals surface area contributed by atoms with E-state index in [-0.39, 0.29) is 25.7 Å². The van der Waals surface area contributed by atoms with Crippen LogP contribution in [0.15, 0.2) is 62.0 Å². The molecule has 0 saturated carbocycles. The molecule has 8 nitrogen and oxygen atoms in total. The smallest absolute Gasteiger partial charge is 0.307 e. The molecule has 0 fully saturated rings. The Morgan fingerprint density at radius 3 is 2.61 bits per heavy atom. The van der Waals surface area contributed by atoms with Gasteiger partial charge >= 0.3 is 6.03 Å². The predicted molar refractivity (Wildman–Crippen MR) is 128 cm³/mol. The third kappa shape index (κ3) is 4.78. The van der Waals surface area contributed by atoms with Gasteiger partial charge < -0.3 is 5.32 Å². The molecule has 0 atom stereocenters. The molecule has 0 aliphatic heterocycles. The van der Waals surface area contributed by atoms with E-state index in [1.807, 2.05) is 4.72 Å². The van der Waals surface area contributed by atoms with E-state index < -0.39 is 27.4 Å². The number of sulfonamides is 1. The maximum atomic E-state index is 14.9. The van der Waals surface area contributed by atoms with Gasteiger partial charge in [-0.05, 0) is 55.5 Å². The largest absolute Gasteiger partial charge is 0.333 e. The molecule has 0 spiro atoms. The summed E-state index contributed by atoms with van der Waals surface area (Å²) < 4.78 is 43.1. The highest BCUT2D eigenvalue weighted by Gasteiger charge is 2.20. The van der Waals surface area contributed by atoms with Crippen molar-refractivity contribution in [1.29, 1.82) is 0 Å². The van der Waals surface area contributed by atoms with Gasteiger partial charge in [0.25, 0.3) is 15.6 Å². The number of nitrogens with zero attached hydrogens (tertiary/aromatic N) is 2. The van der Waals surface area contributed by atoms with Gasteiger partial charge in [-0.3, -0.25) is 9.36 Å². The summed E-state index contributed by atoms with van der Waals surface area (Å²) in [5.41, 5.74) is -0.0774. The number of rotatable bonds is 4. The molecule has 170 valence electrons. The maximum absolute atomic E-state index is 14.9. The summed E-state index contributed by atoms with van der Waals surface area (Å²) in [6, 6.07) is 10.2. The van der Waals surface area contributed by atoms with E-state index in [9.17, 15) is 22.4 Å². The number of aromatic nitrogens is 2. The van der Waals surface area contributed by atoms with Crippen molar-refractivity contribution in [3.63, 3.8) is 0 Å². The number of halogens is 3. The third-order valence-electron chi connectivity index (χ3n) is 4.48. The van der Waals surface area contributed by atoms with E-state index >= 15 is 0 Å². The van der Waals surface area contributed by atoms with Crippen molar-refractivity contribution in [3.05, 3.63) is 79.3 Å². The molecule has 0 unspecified atom stereocenters. The number of carbonyl (C=O) groups is 1. The second-order valence-corrected chi connectivity index (χ2v) is 11.3. The van der Waals surface area contributed by atoms with Crippen LogP contribution in [0.3, 0.4) is 0 Å². The zero-order valence-corrected chi connectivity index (χ0v) is 20.6. The van der Waals surface area contributed by atoms with Gasteiger partial charge in [0.1, 0.15) is 15.9 Å². The minimum Gasteiger partial charge on any atom is -0.307 e. The Morgan fingerprint density at radius 1 is 1.18 bits per heavy atom. The van der Waals surface area contributed by atoms with E-state index in [0.29, 0.717) is 15.4 Å². The molecule has 2 aromatic carbocycles. The van der Waals surface area contributed by atoms with Crippen molar-refractivity contribution in [1.82, 2.24) is 14.3 Å². The number of benzene rings is 2. The second kappa shape index (κ2) is 8.86. The summed E-state index contributed by atoms with van der Waals surface area (Å²) in [5, 5.41) is 2.55. The second-order valence-electron chi connectivity index (χ2n) is 6.75. The molecule has 0 radical (unpaired) electrons. The lowest BCUT2D eigenvalue weighted by Crippen LogP contribution is -2.34. The summed E-state index contributed by atoms with van der Waals surface area (Å²) in [4.78, 5) is 29.5. The van der Waals surface area contributed by atoms with Crippen LogP contribution in [0.25, 0.3) is 16.6 Å². The molecule has 0 aliphatic rings. The SMILES string of the molecule is Cc1nc2ccc(Br)cc2c(=O)n1-c1ccc(NC(=O)NS(=O)(=O)c2ccc(Cl)s2)cc1F. The van der Waals surface area contributed by atoms with Gasteiger partial charge in [-0.15, -0.1) is 11.3 Å². The Labute approximate surface area is 204 Å². The van der Waals surface area contributed by atoms with Crippen molar-refractivity contribution in [2.45, 2.75) is 11.1 Å². The van der Waals surface area contributed by atoms with Crippen molar-refractivity contribution < 1.29 is 17.6 Å². The van der Waals surface area contributed by atoms with Crippen LogP contribution in [0.2, 0.25) is 4.34 Å². The first-order valence-electron chi connectivity index (χ1n) is 9.13. The molecule has 2 heterocycles. The summed E-state index contributed by atoms with van der Waals surface area (Å²) in [6.45, 7) is 1.57. The van der Waals surface area contributed by atoms with E-state index in [1.165, 1.54) is 24.3 Å².